The molecule has 17 heavy (non-hydrogen) atoms. The van der Waals surface area contributed by atoms with Crippen LogP contribution in [0.2, 0.25) is 0 Å². The Morgan fingerprint density at radius 2 is 2.06 bits per heavy atom. The zero-order valence-electron chi connectivity index (χ0n) is 10.8. The molecule has 1 fully saturated rings. The summed E-state index contributed by atoms with van der Waals surface area (Å²) >= 11 is 0. The largest absolute Gasteiger partial charge is 0.445 e. The summed E-state index contributed by atoms with van der Waals surface area (Å²) in [5.74, 6) is 1.96. The summed E-state index contributed by atoms with van der Waals surface area (Å²) in [5.41, 5.74) is 0. The van der Waals surface area contributed by atoms with Gasteiger partial charge in [-0.25, -0.2) is 0 Å². The van der Waals surface area contributed by atoms with Crippen LogP contribution in [0, 0.1) is 12.8 Å². The second-order valence-electron chi connectivity index (χ2n) is 4.95. The van der Waals surface area contributed by atoms with E-state index in [-0.39, 0.29) is 11.8 Å². The van der Waals surface area contributed by atoms with E-state index in [9.17, 15) is 4.79 Å². The molecule has 4 heteroatoms. The number of hydrogen-bond donors (Lipinski definition) is 0. The zero-order chi connectivity index (χ0) is 12.4. The lowest BCUT2D eigenvalue weighted by atomic mass is 10.3. The van der Waals surface area contributed by atoms with Gasteiger partial charge in [-0.05, 0) is 39.9 Å². The Hall–Kier alpha value is -1.29. The minimum absolute atomic E-state index is 0.209. The number of rotatable bonds is 5. The van der Waals surface area contributed by atoms with Crippen LogP contribution in [-0.4, -0.2) is 38.0 Å². The molecule has 0 saturated heterocycles. The molecule has 4 nitrogen and oxygen atoms in total. The molecule has 0 unspecified atom stereocenters. The molecule has 1 aliphatic rings. The Balaban J connectivity index is 2.08. The van der Waals surface area contributed by atoms with E-state index in [1.54, 1.807) is 4.90 Å². The first-order valence-electron chi connectivity index (χ1n) is 6.10. The van der Waals surface area contributed by atoms with Crippen LogP contribution in [0.3, 0.4) is 0 Å². The molecule has 1 aliphatic carbocycles. The maximum absolute atomic E-state index is 12.2. The van der Waals surface area contributed by atoms with Gasteiger partial charge in [0.1, 0.15) is 5.76 Å². The van der Waals surface area contributed by atoms with E-state index < -0.39 is 0 Å². The number of hydrogen-bond acceptors (Lipinski definition) is 3. The summed E-state index contributed by atoms with van der Waals surface area (Å²) in [6, 6.07) is 3.78. The van der Waals surface area contributed by atoms with Crippen molar-refractivity contribution in [2.45, 2.75) is 19.8 Å². The number of anilines is 1. The molecule has 0 bridgehead atoms. The molecule has 1 amide bonds. The summed E-state index contributed by atoms with van der Waals surface area (Å²) < 4.78 is 5.56. The highest BCUT2D eigenvalue weighted by atomic mass is 16.4. The normalized spacial score (nSPS) is 15.3. The third-order valence-electron chi connectivity index (χ3n) is 2.96. The van der Waals surface area contributed by atoms with Crippen LogP contribution in [0.15, 0.2) is 16.5 Å². The van der Waals surface area contributed by atoms with E-state index in [1.165, 1.54) is 0 Å². The van der Waals surface area contributed by atoms with E-state index in [0.29, 0.717) is 12.4 Å². The topological polar surface area (TPSA) is 36.7 Å². The van der Waals surface area contributed by atoms with Crippen molar-refractivity contribution in [1.29, 1.82) is 0 Å². The highest BCUT2D eigenvalue weighted by Gasteiger charge is 2.34. The molecule has 0 aliphatic heterocycles. The van der Waals surface area contributed by atoms with E-state index in [2.05, 4.69) is 4.90 Å². The Bertz CT molecular complexity index is 394. The number of nitrogens with zero attached hydrogens (tertiary/aromatic N) is 2. The van der Waals surface area contributed by atoms with Gasteiger partial charge in [0.25, 0.3) is 0 Å². The van der Waals surface area contributed by atoms with Gasteiger partial charge in [-0.3, -0.25) is 9.69 Å². The molecule has 0 atom stereocenters. The lowest BCUT2D eigenvalue weighted by Crippen LogP contribution is -2.37. The number of aryl methyl sites for hydroxylation is 1. The Kier molecular flexibility index (Phi) is 3.52. The molecule has 1 saturated carbocycles. The minimum Gasteiger partial charge on any atom is -0.445 e. The number of carbonyl (C=O) groups excluding carboxylic acids is 1. The predicted molar refractivity (Wildman–Crippen MR) is 67.1 cm³/mol. The molecular formula is C13H20N2O2. The summed E-state index contributed by atoms with van der Waals surface area (Å²) in [6.45, 7) is 3.43. The Morgan fingerprint density at radius 3 is 2.53 bits per heavy atom. The first-order chi connectivity index (χ1) is 8.08. The van der Waals surface area contributed by atoms with Crippen molar-refractivity contribution in [2.24, 2.45) is 5.92 Å². The summed E-state index contributed by atoms with van der Waals surface area (Å²) in [6.07, 6.45) is 2.05. The predicted octanol–water partition coefficient (Wildman–Crippen LogP) is 1.89. The third-order valence-corrected chi connectivity index (χ3v) is 2.96. The van der Waals surface area contributed by atoms with Gasteiger partial charge in [0, 0.05) is 25.1 Å². The second kappa shape index (κ2) is 4.92. The average Bonchev–Trinajstić information content (AvgIpc) is 3.02. The van der Waals surface area contributed by atoms with Gasteiger partial charge in [-0.15, -0.1) is 0 Å². The molecule has 0 spiro atoms. The molecule has 1 heterocycles. The monoisotopic (exact) mass is 236 g/mol. The maximum Gasteiger partial charge on any atom is 0.232 e. The summed E-state index contributed by atoms with van der Waals surface area (Å²) in [5, 5.41) is 0. The molecule has 94 valence electrons. The van der Waals surface area contributed by atoms with Crippen LogP contribution >= 0.6 is 0 Å². The third kappa shape index (κ3) is 3.09. The van der Waals surface area contributed by atoms with Crippen molar-refractivity contribution in [3.05, 3.63) is 17.9 Å². The number of furan rings is 1. The van der Waals surface area contributed by atoms with Crippen molar-refractivity contribution >= 4 is 11.8 Å². The van der Waals surface area contributed by atoms with Crippen LogP contribution in [0.4, 0.5) is 5.88 Å². The SMILES string of the molecule is Cc1ccc(N(CCN(C)C)C(=O)C2CC2)o1. The highest BCUT2D eigenvalue weighted by Crippen LogP contribution is 2.33. The molecule has 0 aromatic carbocycles. The van der Waals surface area contributed by atoms with Gasteiger partial charge in [0.2, 0.25) is 11.8 Å². The van der Waals surface area contributed by atoms with Crippen molar-refractivity contribution in [3.8, 4) is 0 Å². The number of amides is 1. The zero-order valence-corrected chi connectivity index (χ0v) is 10.8. The second-order valence-corrected chi connectivity index (χ2v) is 4.95. The fourth-order valence-corrected chi connectivity index (χ4v) is 1.75. The minimum atomic E-state index is 0.209. The van der Waals surface area contributed by atoms with E-state index in [0.717, 1.165) is 25.1 Å². The van der Waals surface area contributed by atoms with Gasteiger partial charge < -0.3 is 9.32 Å². The van der Waals surface area contributed by atoms with Crippen LogP contribution in [0.25, 0.3) is 0 Å². The fraction of sp³-hybridized carbons (Fsp3) is 0.615. The first-order valence-corrected chi connectivity index (χ1v) is 6.10. The standard InChI is InChI=1S/C13H20N2O2/c1-10-4-7-12(17-10)15(9-8-14(2)3)13(16)11-5-6-11/h4,7,11H,5-6,8-9H2,1-3H3. The van der Waals surface area contributed by atoms with Crippen LogP contribution in [0.1, 0.15) is 18.6 Å². The quantitative estimate of drug-likeness (QED) is 0.783. The molecule has 0 radical (unpaired) electrons. The van der Waals surface area contributed by atoms with Crippen molar-refractivity contribution in [3.63, 3.8) is 0 Å². The highest BCUT2D eigenvalue weighted by molar-refractivity contribution is 5.95. The van der Waals surface area contributed by atoms with Gasteiger partial charge >= 0.3 is 0 Å². The smallest absolute Gasteiger partial charge is 0.232 e. The average molecular weight is 236 g/mol. The van der Waals surface area contributed by atoms with E-state index in [1.807, 2.05) is 33.2 Å². The summed E-state index contributed by atoms with van der Waals surface area (Å²) in [4.78, 5) is 16.0. The van der Waals surface area contributed by atoms with E-state index in [4.69, 9.17) is 4.42 Å². The summed E-state index contributed by atoms with van der Waals surface area (Å²) in [7, 11) is 4.01. The van der Waals surface area contributed by atoms with Crippen molar-refractivity contribution in [1.82, 2.24) is 4.90 Å². The molecule has 1 aromatic heterocycles. The number of likely N-dealkylation sites (N-methyl/N-ethyl adjacent to an activating group) is 1. The molecule has 2 rings (SSSR count). The molecule has 0 N–H and O–H groups in total. The van der Waals surface area contributed by atoms with E-state index >= 15 is 0 Å². The lowest BCUT2D eigenvalue weighted by molar-refractivity contribution is -0.120. The Labute approximate surface area is 102 Å². The van der Waals surface area contributed by atoms with Crippen LogP contribution in [-0.2, 0) is 4.79 Å². The molecular weight excluding hydrogens is 216 g/mol. The maximum atomic E-state index is 12.2. The Morgan fingerprint density at radius 1 is 1.35 bits per heavy atom. The van der Waals surface area contributed by atoms with Gasteiger partial charge in [0.05, 0.1) is 0 Å². The lowest BCUT2D eigenvalue weighted by Gasteiger charge is -2.22. The van der Waals surface area contributed by atoms with Crippen LogP contribution in [0.5, 0.6) is 0 Å². The van der Waals surface area contributed by atoms with Crippen molar-refractivity contribution < 1.29 is 9.21 Å². The number of carbonyl (C=O) groups is 1. The van der Waals surface area contributed by atoms with Gasteiger partial charge in [-0.2, -0.15) is 0 Å². The van der Waals surface area contributed by atoms with Crippen LogP contribution < -0.4 is 4.90 Å². The first kappa shape index (κ1) is 12.2. The molecule has 1 aromatic rings. The fourth-order valence-electron chi connectivity index (χ4n) is 1.75. The van der Waals surface area contributed by atoms with Gasteiger partial charge in [0.15, 0.2) is 0 Å². The van der Waals surface area contributed by atoms with Crippen molar-refractivity contribution in [2.75, 3.05) is 32.1 Å². The van der Waals surface area contributed by atoms with Gasteiger partial charge in [-0.1, -0.05) is 0 Å².